The molecule has 7 heteroatoms. The zero-order valence-corrected chi connectivity index (χ0v) is 15.3. The van der Waals surface area contributed by atoms with Gasteiger partial charge in [0.1, 0.15) is 22.5 Å². The fourth-order valence-electron chi connectivity index (χ4n) is 3.29. The Morgan fingerprint density at radius 2 is 2.22 bits per heavy atom. The first kappa shape index (κ1) is 16.4. The lowest BCUT2D eigenvalue weighted by Gasteiger charge is -2.23. The van der Waals surface area contributed by atoms with Crippen LogP contribution >= 0.6 is 23.6 Å². The van der Waals surface area contributed by atoms with Gasteiger partial charge in [-0.3, -0.25) is 0 Å². The van der Waals surface area contributed by atoms with E-state index in [4.69, 9.17) is 21.7 Å². The van der Waals surface area contributed by atoms with Crippen molar-refractivity contribution in [2.24, 2.45) is 0 Å². The second-order valence-corrected chi connectivity index (χ2v) is 7.58. The molecule has 23 heavy (non-hydrogen) atoms. The number of aryl methyl sites for hydroxylation is 1. The predicted molar refractivity (Wildman–Crippen MR) is 93.0 cm³/mol. The number of ether oxygens (including phenoxy) is 2. The van der Waals surface area contributed by atoms with E-state index < -0.39 is 0 Å². The van der Waals surface area contributed by atoms with Crippen LogP contribution < -0.4 is 14.4 Å². The Morgan fingerprint density at radius 1 is 1.39 bits per heavy atom. The molecular formula is C16H22N3O2S2+. The van der Waals surface area contributed by atoms with Crippen LogP contribution in [0.5, 0.6) is 11.5 Å². The quantitative estimate of drug-likeness (QED) is 0.839. The lowest BCUT2D eigenvalue weighted by molar-refractivity contribution is -0.941. The Balaban J connectivity index is 1.89. The standard InChI is InChI=1S/C16H21N3O2S2/c1-11-17-19(16(22)23-11)10-18-8-4-5-14(18)13-9-12(20-2)6-7-15(13)21-3/h6-7,9,14H,4-5,8,10H2,1-3H3/p+1/t14-/m0/s1. The van der Waals surface area contributed by atoms with E-state index in [0.717, 1.165) is 40.1 Å². The molecule has 1 aliphatic rings. The van der Waals surface area contributed by atoms with Crippen molar-refractivity contribution >= 4 is 23.6 Å². The molecule has 1 N–H and O–H groups in total. The van der Waals surface area contributed by atoms with Gasteiger partial charge >= 0.3 is 0 Å². The molecule has 2 heterocycles. The molecule has 3 rings (SSSR count). The molecule has 1 aromatic carbocycles. The molecule has 0 amide bonds. The number of benzene rings is 1. The molecule has 5 nitrogen and oxygen atoms in total. The van der Waals surface area contributed by atoms with Crippen LogP contribution in [0.4, 0.5) is 0 Å². The second kappa shape index (κ2) is 6.98. The minimum absolute atomic E-state index is 0.379. The van der Waals surface area contributed by atoms with Gasteiger partial charge < -0.3 is 14.4 Å². The van der Waals surface area contributed by atoms with Crippen LogP contribution in [0, 0.1) is 10.9 Å². The fraction of sp³-hybridized carbons (Fsp3) is 0.500. The fourth-order valence-corrected chi connectivity index (χ4v) is 4.36. The molecule has 1 aliphatic heterocycles. The van der Waals surface area contributed by atoms with Gasteiger partial charge in [0.25, 0.3) is 0 Å². The smallest absolute Gasteiger partial charge is 0.184 e. The molecule has 0 bridgehead atoms. The highest BCUT2D eigenvalue weighted by molar-refractivity contribution is 7.73. The number of hydrogen-bond acceptors (Lipinski definition) is 5. The topological polar surface area (TPSA) is 40.7 Å². The molecule has 124 valence electrons. The predicted octanol–water partition coefficient (Wildman–Crippen LogP) is 2.38. The van der Waals surface area contributed by atoms with E-state index in [1.165, 1.54) is 16.9 Å². The van der Waals surface area contributed by atoms with E-state index in [1.54, 1.807) is 25.6 Å². The number of methoxy groups -OCH3 is 2. The van der Waals surface area contributed by atoms with Gasteiger partial charge in [-0.2, -0.15) is 9.78 Å². The number of nitrogens with one attached hydrogen (secondary N) is 1. The molecule has 0 aliphatic carbocycles. The van der Waals surface area contributed by atoms with Gasteiger partial charge in [-0.25, -0.2) is 0 Å². The maximum absolute atomic E-state index is 5.57. The summed E-state index contributed by atoms with van der Waals surface area (Å²) in [6.07, 6.45) is 2.33. The Labute approximate surface area is 145 Å². The number of rotatable bonds is 5. The van der Waals surface area contributed by atoms with Crippen molar-refractivity contribution in [1.29, 1.82) is 0 Å². The molecule has 0 spiro atoms. The third-order valence-corrected chi connectivity index (χ3v) is 5.58. The van der Waals surface area contributed by atoms with Crippen molar-refractivity contribution in [1.82, 2.24) is 9.78 Å². The van der Waals surface area contributed by atoms with E-state index in [0.29, 0.717) is 6.04 Å². The van der Waals surface area contributed by atoms with Gasteiger partial charge in [-0.1, -0.05) is 11.3 Å². The molecule has 2 aromatic rings. The van der Waals surface area contributed by atoms with Gasteiger partial charge in [0.2, 0.25) is 0 Å². The third-order valence-electron chi connectivity index (χ3n) is 4.36. The highest BCUT2D eigenvalue weighted by Gasteiger charge is 2.33. The van der Waals surface area contributed by atoms with Crippen molar-refractivity contribution in [2.75, 3.05) is 20.8 Å². The van der Waals surface area contributed by atoms with Crippen molar-refractivity contribution in [2.45, 2.75) is 32.5 Å². The normalized spacial score (nSPS) is 20.7. The van der Waals surface area contributed by atoms with Gasteiger partial charge in [0.05, 0.1) is 26.3 Å². The molecule has 1 aromatic heterocycles. The van der Waals surface area contributed by atoms with Crippen LogP contribution in [-0.2, 0) is 6.67 Å². The summed E-state index contributed by atoms with van der Waals surface area (Å²) in [5, 5.41) is 5.55. The Morgan fingerprint density at radius 3 is 2.87 bits per heavy atom. The molecule has 1 saturated heterocycles. The first-order chi connectivity index (χ1) is 11.1. The number of aromatic nitrogens is 2. The average Bonchev–Trinajstić information content (AvgIpc) is 3.13. The lowest BCUT2D eigenvalue weighted by Crippen LogP contribution is -3.09. The SMILES string of the molecule is COc1ccc(OC)c([C@@H]2CCC[NH+]2Cn2nc(C)sc2=S)c1. The van der Waals surface area contributed by atoms with Crippen LogP contribution in [0.2, 0.25) is 0 Å². The summed E-state index contributed by atoms with van der Waals surface area (Å²) >= 11 is 6.98. The largest absolute Gasteiger partial charge is 0.497 e. The molecular weight excluding hydrogens is 330 g/mol. The van der Waals surface area contributed by atoms with Crippen LogP contribution in [0.25, 0.3) is 0 Å². The summed E-state index contributed by atoms with van der Waals surface area (Å²) in [6, 6.07) is 6.41. The number of quaternary nitrogens is 1. The minimum Gasteiger partial charge on any atom is -0.497 e. The second-order valence-electron chi connectivity index (χ2n) is 5.76. The Hall–Kier alpha value is -1.44. The summed E-state index contributed by atoms with van der Waals surface area (Å²) in [5.41, 5.74) is 1.21. The summed E-state index contributed by atoms with van der Waals surface area (Å²) in [5.74, 6) is 1.79. The lowest BCUT2D eigenvalue weighted by atomic mass is 10.0. The summed E-state index contributed by atoms with van der Waals surface area (Å²) < 4.78 is 13.8. The zero-order chi connectivity index (χ0) is 16.4. The maximum Gasteiger partial charge on any atom is 0.184 e. The van der Waals surface area contributed by atoms with E-state index in [1.807, 2.05) is 23.7 Å². The van der Waals surface area contributed by atoms with Crippen molar-refractivity contribution in [3.05, 3.63) is 32.7 Å². The van der Waals surface area contributed by atoms with Crippen molar-refractivity contribution < 1.29 is 14.4 Å². The molecule has 1 unspecified atom stereocenters. The summed E-state index contributed by atoms with van der Waals surface area (Å²) in [6.45, 7) is 3.91. The van der Waals surface area contributed by atoms with Crippen LogP contribution in [-0.4, -0.2) is 30.5 Å². The van der Waals surface area contributed by atoms with E-state index >= 15 is 0 Å². The highest BCUT2D eigenvalue weighted by Crippen LogP contribution is 2.31. The first-order valence-corrected chi connectivity index (χ1v) is 8.96. The Kier molecular flexibility index (Phi) is 4.99. The van der Waals surface area contributed by atoms with Crippen LogP contribution in [0.1, 0.15) is 29.5 Å². The van der Waals surface area contributed by atoms with E-state index in [2.05, 4.69) is 11.2 Å². The monoisotopic (exact) mass is 352 g/mol. The maximum atomic E-state index is 5.57. The molecule has 0 saturated carbocycles. The first-order valence-electron chi connectivity index (χ1n) is 7.73. The van der Waals surface area contributed by atoms with E-state index in [9.17, 15) is 0 Å². The summed E-state index contributed by atoms with van der Waals surface area (Å²) in [4.78, 5) is 1.47. The summed E-state index contributed by atoms with van der Waals surface area (Å²) in [7, 11) is 3.42. The third kappa shape index (κ3) is 3.41. The zero-order valence-electron chi connectivity index (χ0n) is 13.7. The van der Waals surface area contributed by atoms with Crippen LogP contribution in [0.3, 0.4) is 0 Å². The highest BCUT2D eigenvalue weighted by atomic mass is 32.1. The Bertz CT molecular complexity index is 741. The van der Waals surface area contributed by atoms with Gasteiger partial charge in [0.15, 0.2) is 10.6 Å². The number of likely N-dealkylation sites (tertiary alicyclic amines) is 1. The van der Waals surface area contributed by atoms with Crippen molar-refractivity contribution in [3.63, 3.8) is 0 Å². The van der Waals surface area contributed by atoms with Gasteiger partial charge in [-0.15, -0.1) is 0 Å². The minimum atomic E-state index is 0.379. The number of nitrogens with zero attached hydrogens (tertiary/aromatic N) is 2. The average molecular weight is 353 g/mol. The van der Waals surface area contributed by atoms with Gasteiger partial charge in [0, 0.05) is 12.8 Å². The van der Waals surface area contributed by atoms with Crippen molar-refractivity contribution in [3.8, 4) is 11.5 Å². The molecule has 0 radical (unpaired) electrons. The van der Waals surface area contributed by atoms with Gasteiger partial charge in [-0.05, 0) is 37.3 Å². The van der Waals surface area contributed by atoms with Crippen LogP contribution in [0.15, 0.2) is 18.2 Å². The number of hydrogen-bond donors (Lipinski definition) is 1. The molecule has 2 atom stereocenters. The molecule has 1 fully saturated rings. The van der Waals surface area contributed by atoms with E-state index in [-0.39, 0.29) is 0 Å².